The fourth-order valence-electron chi connectivity index (χ4n) is 4.52. The van der Waals surface area contributed by atoms with Crippen LogP contribution in [0, 0.1) is 11.8 Å². The van der Waals surface area contributed by atoms with Crippen molar-refractivity contribution in [3.8, 4) is 0 Å². The van der Waals surface area contributed by atoms with Crippen LogP contribution in [0.4, 0.5) is 4.79 Å². The number of benzene rings is 1. The number of rotatable bonds is 4. The average Bonchev–Trinajstić information content (AvgIpc) is 3.13. The largest absolute Gasteiger partial charge is 0.393 e. The van der Waals surface area contributed by atoms with Crippen LogP contribution in [0.5, 0.6) is 0 Å². The van der Waals surface area contributed by atoms with Gasteiger partial charge in [0.05, 0.1) is 12.1 Å². The van der Waals surface area contributed by atoms with E-state index in [0.717, 1.165) is 18.4 Å². The maximum absolute atomic E-state index is 12.8. The van der Waals surface area contributed by atoms with Crippen LogP contribution < -0.4 is 16.0 Å². The van der Waals surface area contributed by atoms with Crippen LogP contribution in [0.15, 0.2) is 24.3 Å². The van der Waals surface area contributed by atoms with E-state index in [9.17, 15) is 19.5 Å². The molecular formula is C19H22ClN3O4. The number of aliphatic hydroxyl groups excluding tert-OH is 1. The number of imide groups is 1. The zero-order valence-corrected chi connectivity index (χ0v) is 15.5. The van der Waals surface area contributed by atoms with Crippen LogP contribution in [0.25, 0.3) is 0 Å². The van der Waals surface area contributed by atoms with E-state index in [1.807, 2.05) is 18.2 Å². The molecule has 144 valence electrons. The fraction of sp³-hybridized carbons (Fsp3) is 0.526. The van der Waals surface area contributed by atoms with Gasteiger partial charge in [0.1, 0.15) is 5.54 Å². The molecule has 2 unspecified atom stereocenters. The van der Waals surface area contributed by atoms with E-state index in [-0.39, 0.29) is 35.8 Å². The maximum Gasteiger partial charge on any atom is 0.322 e. The van der Waals surface area contributed by atoms with Crippen molar-refractivity contribution in [1.82, 2.24) is 16.0 Å². The van der Waals surface area contributed by atoms with E-state index < -0.39 is 11.6 Å². The number of hydrogen-bond acceptors (Lipinski definition) is 4. The van der Waals surface area contributed by atoms with Gasteiger partial charge < -0.3 is 15.7 Å². The molecule has 1 aromatic rings. The summed E-state index contributed by atoms with van der Waals surface area (Å²) < 4.78 is 0. The molecule has 0 bridgehead atoms. The number of carbonyl (C=O) groups excluding carboxylic acids is 3. The maximum atomic E-state index is 12.8. The lowest BCUT2D eigenvalue weighted by atomic mass is 9.67. The quantitative estimate of drug-likeness (QED) is 0.585. The van der Waals surface area contributed by atoms with Crippen molar-refractivity contribution in [3.63, 3.8) is 0 Å². The lowest BCUT2D eigenvalue weighted by Gasteiger charge is -2.42. The molecule has 1 spiro atoms. The van der Waals surface area contributed by atoms with Crippen molar-refractivity contribution in [2.24, 2.45) is 11.8 Å². The Morgan fingerprint density at radius 1 is 1.30 bits per heavy atom. The van der Waals surface area contributed by atoms with Crippen LogP contribution in [-0.2, 0) is 9.59 Å². The van der Waals surface area contributed by atoms with Crippen LogP contribution >= 0.6 is 11.6 Å². The number of nitrogens with one attached hydrogen (secondary N) is 3. The molecule has 1 aromatic carbocycles. The monoisotopic (exact) mass is 391 g/mol. The molecule has 1 aliphatic heterocycles. The summed E-state index contributed by atoms with van der Waals surface area (Å²) >= 11 is 6.13. The fourth-order valence-corrected chi connectivity index (χ4v) is 4.72. The van der Waals surface area contributed by atoms with Gasteiger partial charge in [0.15, 0.2) is 0 Å². The van der Waals surface area contributed by atoms with Crippen molar-refractivity contribution in [2.75, 3.05) is 0 Å². The van der Waals surface area contributed by atoms with Crippen molar-refractivity contribution in [1.29, 1.82) is 0 Å². The third kappa shape index (κ3) is 3.41. The molecule has 1 saturated heterocycles. The molecule has 2 aliphatic carbocycles. The summed E-state index contributed by atoms with van der Waals surface area (Å²) in [5.74, 6) is -0.698. The van der Waals surface area contributed by atoms with E-state index in [1.54, 1.807) is 6.07 Å². The standard InChI is InChI=1S/C19H22ClN3O4/c20-13-3-1-2-10(6-13)15(11-4-5-14(24)7-11)21-16(25)12-8-19(9-12)17(26)22-18(27)23-19/h1-3,6,11-12,14-15,24H,4-5,7-9H2,(H,21,25)(H2,22,23,26,27)/t11?,12?,14-,15?,19?/m1/s1. The molecule has 3 aliphatic rings. The van der Waals surface area contributed by atoms with Gasteiger partial charge in [-0.3, -0.25) is 14.9 Å². The third-order valence-corrected chi connectivity index (χ3v) is 6.23. The minimum Gasteiger partial charge on any atom is -0.393 e. The molecule has 4 rings (SSSR count). The molecule has 2 saturated carbocycles. The van der Waals surface area contributed by atoms with E-state index in [4.69, 9.17) is 11.6 Å². The predicted octanol–water partition coefficient (Wildman–Crippen LogP) is 1.65. The number of carbonyl (C=O) groups is 3. The van der Waals surface area contributed by atoms with Crippen molar-refractivity contribution in [3.05, 3.63) is 34.9 Å². The highest BCUT2D eigenvalue weighted by molar-refractivity contribution is 6.30. The lowest BCUT2D eigenvalue weighted by molar-refractivity contribution is -0.137. The first-order valence-electron chi connectivity index (χ1n) is 9.24. The van der Waals surface area contributed by atoms with Gasteiger partial charge in [0.25, 0.3) is 5.91 Å². The van der Waals surface area contributed by atoms with Gasteiger partial charge in [-0.1, -0.05) is 23.7 Å². The average molecular weight is 392 g/mol. The second-order valence-electron chi connectivity index (χ2n) is 7.86. The summed E-state index contributed by atoms with van der Waals surface area (Å²) in [4.78, 5) is 36.1. The highest BCUT2D eigenvalue weighted by atomic mass is 35.5. The Labute approximate surface area is 161 Å². The van der Waals surface area contributed by atoms with Crippen molar-refractivity contribution in [2.45, 2.75) is 49.8 Å². The van der Waals surface area contributed by atoms with E-state index in [2.05, 4.69) is 16.0 Å². The summed E-state index contributed by atoms with van der Waals surface area (Å²) in [5.41, 5.74) is -0.0234. The summed E-state index contributed by atoms with van der Waals surface area (Å²) in [6, 6.07) is 6.65. The topological polar surface area (TPSA) is 108 Å². The normalized spacial score (nSPS) is 33.3. The predicted molar refractivity (Wildman–Crippen MR) is 97.8 cm³/mol. The third-order valence-electron chi connectivity index (χ3n) is 6.00. The zero-order valence-electron chi connectivity index (χ0n) is 14.7. The van der Waals surface area contributed by atoms with Gasteiger partial charge >= 0.3 is 6.03 Å². The molecule has 1 heterocycles. The minimum atomic E-state index is -0.936. The second kappa shape index (κ2) is 6.80. The summed E-state index contributed by atoms with van der Waals surface area (Å²) in [7, 11) is 0. The molecule has 7 nitrogen and oxygen atoms in total. The van der Waals surface area contributed by atoms with Gasteiger partial charge in [-0.25, -0.2) is 4.79 Å². The van der Waals surface area contributed by atoms with Gasteiger partial charge in [-0.2, -0.15) is 0 Å². The van der Waals surface area contributed by atoms with Gasteiger partial charge in [0, 0.05) is 10.9 Å². The smallest absolute Gasteiger partial charge is 0.322 e. The van der Waals surface area contributed by atoms with Crippen LogP contribution in [-0.4, -0.2) is 34.6 Å². The molecule has 4 amide bonds. The zero-order chi connectivity index (χ0) is 19.2. The number of amides is 4. The van der Waals surface area contributed by atoms with E-state index in [1.165, 1.54) is 0 Å². The minimum absolute atomic E-state index is 0.130. The number of hydrogen-bond donors (Lipinski definition) is 4. The van der Waals surface area contributed by atoms with E-state index >= 15 is 0 Å². The van der Waals surface area contributed by atoms with Gasteiger partial charge in [-0.05, 0) is 55.7 Å². The summed E-state index contributed by atoms with van der Waals surface area (Å²) in [6.07, 6.45) is 2.42. The number of aliphatic hydroxyl groups is 1. The Bertz CT molecular complexity index is 793. The molecule has 0 radical (unpaired) electrons. The van der Waals surface area contributed by atoms with Crippen molar-refractivity contribution >= 4 is 29.4 Å². The summed E-state index contributed by atoms with van der Waals surface area (Å²) in [5, 5.41) is 18.5. The lowest BCUT2D eigenvalue weighted by Crippen LogP contribution is -2.60. The Balaban J connectivity index is 1.46. The van der Waals surface area contributed by atoms with Gasteiger partial charge in [0.2, 0.25) is 5.91 Å². The first-order valence-corrected chi connectivity index (χ1v) is 9.61. The Morgan fingerprint density at radius 3 is 2.67 bits per heavy atom. The van der Waals surface area contributed by atoms with Crippen LogP contribution in [0.2, 0.25) is 5.02 Å². The first kappa shape index (κ1) is 18.3. The number of urea groups is 1. The Morgan fingerprint density at radius 2 is 2.07 bits per heavy atom. The Kier molecular flexibility index (Phi) is 4.60. The molecule has 8 heteroatoms. The molecule has 3 fully saturated rings. The Hall–Kier alpha value is -2.12. The molecule has 27 heavy (non-hydrogen) atoms. The number of halogens is 1. The molecule has 4 N–H and O–H groups in total. The first-order chi connectivity index (χ1) is 12.9. The highest BCUT2D eigenvalue weighted by Gasteiger charge is 2.57. The second-order valence-corrected chi connectivity index (χ2v) is 8.30. The molecule has 0 aromatic heterocycles. The van der Waals surface area contributed by atoms with E-state index in [0.29, 0.717) is 24.3 Å². The van der Waals surface area contributed by atoms with Crippen LogP contribution in [0.3, 0.4) is 0 Å². The molecular weight excluding hydrogens is 370 g/mol. The van der Waals surface area contributed by atoms with Crippen LogP contribution in [0.1, 0.15) is 43.7 Å². The summed E-state index contributed by atoms with van der Waals surface area (Å²) in [6.45, 7) is 0. The highest BCUT2D eigenvalue weighted by Crippen LogP contribution is 2.42. The van der Waals surface area contributed by atoms with Gasteiger partial charge in [-0.15, -0.1) is 0 Å². The SMILES string of the molecule is O=C1NC(=O)C2(CC(C(=O)NC(c3cccc(Cl)c3)C3CC[C@@H](O)C3)C2)N1. The molecule has 3 atom stereocenters. The van der Waals surface area contributed by atoms with Crippen molar-refractivity contribution < 1.29 is 19.5 Å².